The summed E-state index contributed by atoms with van der Waals surface area (Å²) >= 11 is 0. The standard InChI is InChI=1S/C8H15NO.C2H6/c10-7-6-9-8-4-2-1-3-5-8;1-2/h7-9H,1-6H2;1-2H3. The van der Waals surface area contributed by atoms with Crippen LogP contribution >= 0.6 is 0 Å². The zero-order valence-electron chi connectivity index (χ0n) is 8.31. The van der Waals surface area contributed by atoms with Gasteiger partial charge in [-0.05, 0) is 12.8 Å². The summed E-state index contributed by atoms with van der Waals surface area (Å²) in [5, 5.41) is 3.20. The Kier molecular flexibility index (Phi) is 8.46. The Bertz CT molecular complexity index is 98.0. The maximum Gasteiger partial charge on any atom is 0.133 e. The summed E-state index contributed by atoms with van der Waals surface area (Å²) in [6, 6.07) is 0.624. The van der Waals surface area contributed by atoms with Crippen LogP contribution in [0.2, 0.25) is 0 Å². The van der Waals surface area contributed by atoms with Gasteiger partial charge in [-0.3, -0.25) is 0 Å². The van der Waals surface area contributed by atoms with Crippen molar-refractivity contribution in [3.63, 3.8) is 0 Å². The van der Waals surface area contributed by atoms with Gasteiger partial charge in [-0.1, -0.05) is 33.1 Å². The summed E-state index contributed by atoms with van der Waals surface area (Å²) in [5.41, 5.74) is 0. The minimum absolute atomic E-state index is 0.532. The zero-order chi connectivity index (χ0) is 9.23. The van der Waals surface area contributed by atoms with E-state index in [1.54, 1.807) is 0 Å². The normalized spacial score (nSPS) is 17.8. The fourth-order valence-corrected chi connectivity index (χ4v) is 1.52. The second-order valence-electron chi connectivity index (χ2n) is 2.91. The molecule has 0 bridgehead atoms. The number of hydrogen-bond acceptors (Lipinski definition) is 2. The molecule has 0 aromatic rings. The lowest BCUT2D eigenvalue weighted by Gasteiger charge is -2.21. The third kappa shape index (κ3) is 5.30. The highest BCUT2D eigenvalue weighted by atomic mass is 16.1. The van der Waals surface area contributed by atoms with Crippen molar-refractivity contribution in [3.05, 3.63) is 0 Å². The van der Waals surface area contributed by atoms with Crippen molar-refractivity contribution >= 4 is 6.29 Å². The van der Waals surface area contributed by atoms with Crippen molar-refractivity contribution in [1.29, 1.82) is 0 Å². The average molecular weight is 171 g/mol. The number of aldehydes is 1. The van der Waals surface area contributed by atoms with Crippen molar-refractivity contribution in [3.8, 4) is 0 Å². The Hall–Kier alpha value is -0.370. The molecule has 0 saturated heterocycles. The van der Waals surface area contributed by atoms with Crippen molar-refractivity contribution in [2.45, 2.75) is 52.0 Å². The number of carbonyl (C=O) groups is 1. The van der Waals surface area contributed by atoms with Gasteiger partial charge < -0.3 is 10.1 Å². The largest absolute Gasteiger partial charge is 0.307 e. The molecule has 0 aromatic heterocycles. The third-order valence-electron chi connectivity index (χ3n) is 2.10. The number of hydrogen-bond donors (Lipinski definition) is 1. The third-order valence-corrected chi connectivity index (χ3v) is 2.10. The first-order valence-corrected chi connectivity index (χ1v) is 5.10. The van der Waals surface area contributed by atoms with Crippen LogP contribution in [0.1, 0.15) is 46.0 Å². The van der Waals surface area contributed by atoms with Gasteiger partial charge in [-0.25, -0.2) is 0 Å². The van der Waals surface area contributed by atoms with Crippen LogP contribution in [0.25, 0.3) is 0 Å². The molecule has 1 N–H and O–H groups in total. The molecule has 0 unspecified atom stereocenters. The van der Waals surface area contributed by atoms with E-state index in [-0.39, 0.29) is 0 Å². The van der Waals surface area contributed by atoms with Crippen LogP contribution in [0, 0.1) is 0 Å². The summed E-state index contributed by atoms with van der Waals surface area (Å²) in [6.07, 6.45) is 7.49. The topological polar surface area (TPSA) is 29.1 Å². The van der Waals surface area contributed by atoms with Gasteiger partial charge in [0.05, 0.1) is 6.54 Å². The Morgan fingerprint density at radius 1 is 1.25 bits per heavy atom. The van der Waals surface area contributed by atoms with Crippen LogP contribution in [0.3, 0.4) is 0 Å². The highest BCUT2D eigenvalue weighted by molar-refractivity contribution is 5.51. The molecular formula is C10H21NO. The average Bonchev–Trinajstić information content (AvgIpc) is 2.19. The smallest absolute Gasteiger partial charge is 0.133 e. The highest BCUT2D eigenvalue weighted by Gasteiger charge is 2.11. The summed E-state index contributed by atoms with van der Waals surface area (Å²) in [7, 11) is 0. The molecule has 1 fully saturated rings. The van der Waals surface area contributed by atoms with Crippen LogP contribution in [-0.4, -0.2) is 18.9 Å². The first kappa shape index (κ1) is 11.6. The van der Waals surface area contributed by atoms with Gasteiger partial charge >= 0.3 is 0 Å². The van der Waals surface area contributed by atoms with E-state index in [1.807, 2.05) is 13.8 Å². The lowest BCUT2D eigenvalue weighted by molar-refractivity contribution is -0.107. The molecule has 2 nitrogen and oxygen atoms in total. The highest BCUT2D eigenvalue weighted by Crippen LogP contribution is 2.16. The van der Waals surface area contributed by atoms with E-state index < -0.39 is 0 Å². The van der Waals surface area contributed by atoms with E-state index >= 15 is 0 Å². The summed E-state index contributed by atoms with van der Waals surface area (Å²) in [5.74, 6) is 0. The van der Waals surface area contributed by atoms with Gasteiger partial charge in [0.25, 0.3) is 0 Å². The van der Waals surface area contributed by atoms with Crippen molar-refractivity contribution in [2.24, 2.45) is 0 Å². The van der Waals surface area contributed by atoms with Gasteiger partial charge in [0.2, 0.25) is 0 Å². The minimum Gasteiger partial charge on any atom is -0.307 e. The summed E-state index contributed by atoms with van der Waals surface area (Å²) < 4.78 is 0. The van der Waals surface area contributed by atoms with E-state index in [1.165, 1.54) is 32.1 Å². The van der Waals surface area contributed by atoms with Crippen molar-refractivity contribution < 1.29 is 4.79 Å². The second kappa shape index (κ2) is 8.72. The first-order chi connectivity index (χ1) is 5.93. The molecule has 0 spiro atoms. The van der Waals surface area contributed by atoms with E-state index in [0.29, 0.717) is 12.6 Å². The van der Waals surface area contributed by atoms with Crippen LogP contribution in [0.5, 0.6) is 0 Å². The minimum atomic E-state index is 0.532. The van der Waals surface area contributed by atoms with Crippen LogP contribution < -0.4 is 5.32 Å². The first-order valence-electron chi connectivity index (χ1n) is 5.10. The molecule has 0 amide bonds. The van der Waals surface area contributed by atoms with Crippen LogP contribution in [0.15, 0.2) is 0 Å². The number of nitrogens with one attached hydrogen (secondary N) is 1. The maximum atomic E-state index is 9.99. The molecule has 1 saturated carbocycles. The Morgan fingerprint density at radius 2 is 1.83 bits per heavy atom. The lowest BCUT2D eigenvalue weighted by Crippen LogP contribution is -2.32. The molecular weight excluding hydrogens is 150 g/mol. The molecule has 0 atom stereocenters. The Morgan fingerprint density at radius 3 is 2.33 bits per heavy atom. The van der Waals surface area contributed by atoms with Crippen molar-refractivity contribution in [1.82, 2.24) is 5.32 Å². The number of rotatable bonds is 3. The molecule has 0 heterocycles. The van der Waals surface area contributed by atoms with E-state index in [2.05, 4.69) is 5.32 Å². The van der Waals surface area contributed by atoms with Gasteiger partial charge in [0, 0.05) is 6.04 Å². The van der Waals surface area contributed by atoms with Crippen molar-refractivity contribution in [2.75, 3.05) is 6.54 Å². The fourth-order valence-electron chi connectivity index (χ4n) is 1.52. The molecule has 12 heavy (non-hydrogen) atoms. The molecule has 1 aliphatic carbocycles. The monoisotopic (exact) mass is 171 g/mol. The van der Waals surface area contributed by atoms with Gasteiger partial charge in [-0.2, -0.15) is 0 Å². The van der Waals surface area contributed by atoms with Gasteiger partial charge in [-0.15, -0.1) is 0 Å². The summed E-state index contributed by atoms with van der Waals surface area (Å²) in [6.45, 7) is 4.53. The Balaban J connectivity index is 0.000000561. The molecule has 0 aromatic carbocycles. The molecule has 0 radical (unpaired) electrons. The lowest BCUT2D eigenvalue weighted by atomic mass is 9.96. The predicted octanol–water partition coefficient (Wildman–Crippen LogP) is 2.13. The van der Waals surface area contributed by atoms with E-state index in [4.69, 9.17) is 0 Å². The summed E-state index contributed by atoms with van der Waals surface area (Å²) in [4.78, 5) is 9.99. The quantitative estimate of drug-likeness (QED) is 0.659. The SMILES string of the molecule is CC.O=CCNC1CCCCC1. The molecule has 1 aliphatic rings. The Labute approximate surface area is 75.7 Å². The molecule has 72 valence electrons. The van der Waals surface area contributed by atoms with Gasteiger partial charge in [0.1, 0.15) is 6.29 Å². The molecule has 0 aliphatic heterocycles. The second-order valence-corrected chi connectivity index (χ2v) is 2.91. The predicted molar refractivity (Wildman–Crippen MR) is 52.3 cm³/mol. The zero-order valence-corrected chi connectivity index (χ0v) is 8.31. The van der Waals surface area contributed by atoms with E-state index in [0.717, 1.165) is 6.29 Å². The van der Waals surface area contributed by atoms with Crippen LogP contribution in [0.4, 0.5) is 0 Å². The molecule has 2 heteroatoms. The fraction of sp³-hybridized carbons (Fsp3) is 0.900. The molecule has 1 rings (SSSR count). The van der Waals surface area contributed by atoms with Gasteiger partial charge in [0.15, 0.2) is 0 Å². The maximum absolute atomic E-state index is 9.99. The number of carbonyl (C=O) groups excluding carboxylic acids is 1. The van der Waals surface area contributed by atoms with E-state index in [9.17, 15) is 4.79 Å². The van der Waals surface area contributed by atoms with Crippen LogP contribution in [-0.2, 0) is 4.79 Å².